The number of H-pyrrole nitrogens is 1. The second-order valence-electron chi connectivity index (χ2n) is 11.3. The molecule has 2 aromatic carbocycles. The average molecular weight is 610 g/mol. The topological polar surface area (TPSA) is 132 Å². The number of nitrogens with one attached hydrogen (secondary N) is 3. The number of amides is 1. The molecule has 2 saturated heterocycles. The van der Waals surface area contributed by atoms with E-state index in [0.29, 0.717) is 48.9 Å². The maximum atomic E-state index is 13.8. The molecular weight excluding hydrogens is 570 g/mol. The van der Waals surface area contributed by atoms with Gasteiger partial charge in [-0.3, -0.25) is 9.89 Å². The van der Waals surface area contributed by atoms with Gasteiger partial charge in [-0.05, 0) is 50.2 Å². The van der Waals surface area contributed by atoms with Crippen molar-refractivity contribution in [2.24, 2.45) is 0 Å². The van der Waals surface area contributed by atoms with E-state index in [1.807, 2.05) is 12.1 Å². The molecule has 0 unspecified atom stereocenters. The third-order valence-corrected chi connectivity index (χ3v) is 10.3. The van der Waals surface area contributed by atoms with Crippen molar-refractivity contribution in [3.8, 4) is 5.75 Å². The number of sulfonamides is 1. The fraction of sp³-hybridized carbons (Fsp3) is 0.467. The van der Waals surface area contributed by atoms with Gasteiger partial charge in [0.2, 0.25) is 10.0 Å². The van der Waals surface area contributed by atoms with Crippen LogP contribution < -0.4 is 20.3 Å². The van der Waals surface area contributed by atoms with Crippen molar-refractivity contribution in [1.29, 1.82) is 0 Å². The van der Waals surface area contributed by atoms with Crippen LogP contribution >= 0.6 is 0 Å². The quantitative estimate of drug-likeness (QED) is 0.353. The normalized spacial score (nSPS) is 18.7. The summed E-state index contributed by atoms with van der Waals surface area (Å²) in [6.45, 7) is 5.59. The second-order valence-corrected chi connectivity index (χ2v) is 13.2. The average Bonchev–Trinajstić information content (AvgIpc) is 3.43. The molecule has 0 radical (unpaired) electrons. The number of fused-ring (bicyclic) bond motifs is 1. The van der Waals surface area contributed by atoms with E-state index in [4.69, 9.17) is 9.47 Å². The summed E-state index contributed by atoms with van der Waals surface area (Å²) in [6.07, 6.45) is 2.19. The fourth-order valence-electron chi connectivity index (χ4n) is 5.84. The predicted molar refractivity (Wildman–Crippen MR) is 164 cm³/mol. The van der Waals surface area contributed by atoms with Gasteiger partial charge in [0.15, 0.2) is 5.82 Å². The Labute approximate surface area is 252 Å². The summed E-state index contributed by atoms with van der Waals surface area (Å²) in [5.74, 6) is 0.506. The van der Waals surface area contributed by atoms with Gasteiger partial charge in [0.25, 0.3) is 5.91 Å². The first-order chi connectivity index (χ1) is 20.8. The van der Waals surface area contributed by atoms with Crippen molar-refractivity contribution in [2.75, 3.05) is 75.6 Å². The number of nitrogens with zero attached hydrogens (tertiary/aromatic N) is 4. The molecule has 0 aliphatic carbocycles. The summed E-state index contributed by atoms with van der Waals surface area (Å²) in [5, 5.41) is 14.0. The maximum Gasteiger partial charge on any atom is 0.258 e. The number of hydrogen-bond donors (Lipinski definition) is 3. The number of carbonyl (C=O) groups excluding carboxylic acids is 1. The largest absolute Gasteiger partial charge is 0.497 e. The number of likely N-dealkylation sites (N-methyl/N-ethyl adjacent to an activating group) is 1. The van der Waals surface area contributed by atoms with Gasteiger partial charge in [0.1, 0.15) is 5.75 Å². The van der Waals surface area contributed by atoms with Crippen LogP contribution in [0, 0.1) is 0 Å². The Morgan fingerprint density at radius 2 is 1.86 bits per heavy atom. The molecule has 3 aromatic rings. The third kappa shape index (κ3) is 6.35. The fourth-order valence-corrected chi connectivity index (χ4v) is 7.28. The molecule has 1 amide bonds. The third-order valence-electron chi connectivity index (χ3n) is 8.51. The molecule has 6 rings (SSSR count). The highest BCUT2D eigenvalue weighted by Crippen LogP contribution is 2.31. The van der Waals surface area contributed by atoms with Crippen molar-refractivity contribution in [3.05, 3.63) is 59.3 Å². The second kappa shape index (κ2) is 12.5. The molecular formula is C30H39N7O5S. The Morgan fingerprint density at radius 1 is 1.07 bits per heavy atom. The number of hydrogen-bond acceptors (Lipinski definition) is 9. The first-order valence-corrected chi connectivity index (χ1v) is 16.2. The van der Waals surface area contributed by atoms with Crippen LogP contribution in [0.2, 0.25) is 0 Å². The highest BCUT2D eigenvalue weighted by Gasteiger charge is 2.32. The molecule has 43 heavy (non-hydrogen) atoms. The Bertz CT molecular complexity index is 1560. The number of aromatic nitrogens is 2. The van der Waals surface area contributed by atoms with Gasteiger partial charge in [0, 0.05) is 93.6 Å². The van der Waals surface area contributed by atoms with Gasteiger partial charge < -0.3 is 29.9 Å². The van der Waals surface area contributed by atoms with Crippen LogP contribution in [-0.4, -0.2) is 99.9 Å². The van der Waals surface area contributed by atoms with Crippen molar-refractivity contribution in [2.45, 2.75) is 36.7 Å². The molecule has 12 nitrogen and oxygen atoms in total. The van der Waals surface area contributed by atoms with Crippen molar-refractivity contribution >= 4 is 33.1 Å². The van der Waals surface area contributed by atoms with E-state index in [1.54, 1.807) is 18.2 Å². The minimum atomic E-state index is -3.78. The summed E-state index contributed by atoms with van der Waals surface area (Å²) in [5.41, 5.74) is 3.84. The zero-order valence-corrected chi connectivity index (χ0v) is 25.5. The molecule has 13 heteroatoms. The molecule has 1 aromatic heterocycles. The van der Waals surface area contributed by atoms with Crippen LogP contribution in [0.3, 0.4) is 0 Å². The number of anilines is 3. The molecule has 4 heterocycles. The predicted octanol–water partition coefficient (Wildman–Crippen LogP) is 2.76. The van der Waals surface area contributed by atoms with Crippen LogP contribution in [0.15, 0.2) is 47.4 Å². The Morgan fingerprint density at radius 3 is 2.63 bits per heavy atom. The maximum absolute atomic E-state index is 13.8. The standard InChI is InChI=1S/C30H39N7O5S/c1-35-12-14-36(15-13-35)22-6-7-25(28(18-22)31-21-9-16-42-17-10-21)30(38)32-29-26-20-37(11-8-27(26)33-34-29)43(39,40)24-5-3-4-23(19-24)41-2/h3-7,18-19,21,31H,8-17,20H2,1-2H3,(H2,32,33,34,38). The summed E-state index contributed by atoms with van der Waals surface area (Å²) >= 11 is 0. The molecule has 230 valence electrons. The van der Waals surface area contributed by atoms with Crippen LogP contribution in [-0.2, 0) is 27.7 Å². The van der Waals surface area contributed by atoms with Gasteiger partial charge in [0.05, 0.1) is 17.6 Å². The lowest BCUT2D eigenvalue weighted by molar-refractivity contribution is 0.0904. The van der Waals surface area contributed by atoms with Gasteiger partial charge in [-0.2, -0.15) is 9.40 Å². The van der Waals surface area contributed by atoms with Gasteiger partial charge in [-0.15, -0.1) is 0 Å². The molecule has 0 bridgehead atoms. The molecule has 2 fully saturated rings. The first-order valence-electron chi connectivity index (χ1n) is 14.8. The van der Waals surface area contributed by atoms with E-state index < -0.39 is 10.0 Å². The molecule has 3 N–H and O–H groups in total. The zero-order chi connectivity index (χ0) is 30.0. The summed E-state index contributed by atoms with van der Waals surface area (Å²) in [4.78, 5) is 18.6. The summed E-state index contributed by atoms with van der Waals surface area (Å²) in [6, 6.07) is 12.6. The van der Waals surface area contributed by atoms with Crippen LogP contribution in [0.1, 0.15) is 34.5 Å². The molecule has 0 spiro atoms. The van der Waals surface area contributed by atoms with E-state index in [0.717, 1.165) is 56.1 Å². The Kier molecular flexibility index (Phi) is 8.57. The number of ether oxygens (including phenoxy) is 2. The minimum absolute atomic E-state index is 0.0938. The number of piperazine rings is 1. The van der Waals surface area contributed by atoms with E-state index in [-0.39, 0.29) is 23.4 Å². The van der Waals surface area contributed by atoms with Crippen molar-refractivity contribution in [1.82, 2.24) is 19.4 Å². The first kappa shape index (κ1) is 29.4. The van der Waals surface area contributed by atoms with Crippen molar-refractivity contribution < 1.29 is 22.7 Å². The van der Waals surface area contributed by atoms with Crippen molar-refractivity contribution in [3.63, 3.8) is 0 Å². The van der Waals surface area contributed by atoms with Gasteiger partial charge in [-0.1, -0.05) is 6.07 Å². The number of aromatic amines is 1. The van der Waals surface area contributed by atoms with Crippen LogP contribution in [0.5, 0.6) is 5.75 Å². The molecule has 0 saturated carbocycles. The lowest BCUT2D eigenvalue weighted by atomic mass is 10.1. The SMILES string of the molecule is COc1cccc(S(=O)(=O)N2CCc3[nH]nc(NC(=O)c4ccc(N5CCN(C)CC5)cc4NC4CCOCC4)c3C2)c1. The van der Waals surface area contributed by atoms with E-state index in [9.17, 15) is 13.2 Å². The lowest BCUT2D eigenvalue weighted by Crippen LogP contribution is -2.44. The van der Waals surface area contributed by atoms with Crippen LogP contribution in [0.25, 0.3) is 0 Å². The minimum Gasteiger partial charge on any atom is -0.497 e. The number of methoxy groups -OCH3 is 1. The Hall–Kier alpha value is -3.65. The summed E-state index contributed by atoms with van der Waals surface area (Å²) < 4.78 is 39.2. The lowest BCUT2D eigenvalue weighted by Gasteiger charge is -2.34. The smallest absolute Gasteiger partial charge is 0.258 e. The zero-order valence-electron chi connectivity index (χ0n) is 24.6. The van der Waals surface area contributed by atoms with Gasteiger partial charge in [-0.25, -0.2) is 8.42 Å². The number of carbonyl (C=O) groups is 1. The molecule has 3 aliphatic rings. The monoisotopic (exact) mass is 609 g/mol. The molecule has 0 atom stereocenters. The Balaban J connectivity index is 1.23. The van der Waals surface area contributed by atoms with E-state index in [1.165, 1.54) is 17.5 Å². The van der Waals surface area contributed by atoms with Gasteiger partial charge >= 0.3 is 0 Å². The number of rotatable bonds is 8. The number of benzene rings is 2. The van der Waals surface area contributed by atoms with E-state index in [2.05, 4.69) is 43.7 Å². The summed E-state index contributed by atoms with van der Waals surface area (Å²) in [7, 11) is -0.151. The highest BCUT2D eigenvalue weighted by molar-refractivity contribution is 7.89. The van der Waals surface area contributed by atoms with Crippen LogP contribution in [0.4, 0.5) is 17.2 Å². The molecule has 3 aliphatic heterocycles. The highest BCUT2D eigenvalue weighted by atomic mass is 32.2. The van der Waals surface area contributed by atoms with E-state index >= 15 is 0 Å².